The minimum absolute atomic E-state index is 0.239. The van der Waals surface area contributed by atoms with Crippen LogP contribution in [0, 0.1) is 11.8 Å². The summed E-state index contributed by atoms with van der Waals surface area (Å²) in [6.45, 7) is 0.415. The number of para-hydroxylation sites is 1. The van der Waals surface area contributed by atoms with Gasteiger partial charge in [-0.15, -0.1) is 0 Å². The molecule has 0 saturated carbocycles. The molecule has 2 N–H and O–H groups in total. The molecule has 0 saturated heterocycles. The lowest BCUT2D eigenvalue weighted by molar-refractivity contribution is 0.251. The Kier molecular flexibility index (Phi) is 5.48. The number of urea groups is 1. The molecular weight excluding hydrogens is 308 g/mol. The lowest BCUT2D eigenvalue weighted by atomic mass is 10.1. The van der Waals surface area contributed by atoms with Crippen molar-refractivity contribution in [2.45, 2.75) is 6.54 Å². The van der Waals surface area contributed by atoms with E-state index < -0.39 is 0 Å². The minimum atomic E-state index is -0.239. The van der Waals surface area contributed by atoms with E-state index in [0.29, 0.717) is 6.54 Å². The number of carbonyl (C=O) groups is 1. The number of carbonyl (C=O) groups excluding carboxylic acids is 1. The summed E-state index contributed by atoms with van der Waals surface area (Å²) < 4.78 is 0. The summed E-state index contributed by atoms with van der Waals surface area (Å²) in [4.78, 5) is 12.0. The van der Waals surface area contributed by atoms with Crippen molar-refractivity contribution in [2.75, 3.05) is 5.32 Å². The van der Waals surface area contributed by atoms with E-state index in [0.717, 1.165) is 22.4 Å². The molecule has 0 bridgehead atoms. The van der Waals surface area contributed by atoms with Crippen LogP contribution in [0.25, 0.3) is 0 Å². The highest BCUT2D eigenvalue weighted by atomic mass is 16.2. The van der Waals surface area contributed by atoms with Gasteiger partial charge in [-0.05, 0) is 35.9 Å². The van der Waals surface area contributed by atoms with Crippen LogP contribution in [0.1, 0.15) is 16.7 Å². The van der Waals surface area contributed by atoms with E-state index in [9.17, 15) is 4.79 Å². The number of anilines is 1. The SMILES string of the molecule is O=C(NCc1ccccc1C#Cc1ccccc1)Nc1ccccc1. The smallest absolute Gasteiger partial charge is 0.319 e. The number of amides is 2. The van der Waals surface area contributed by atoms with Gasteiger partial charge in [-0.25, -0.2) is 4.79 Å². The maximum atomic E-state index is 12.0. The van der Waals surface area contributed by atoms with Crippen LogP contribution in [0.4, 0.5) is 10.5 Å². The molecule has 0 unspecified atom stereocenters. The van der Waals surface area contributed by atoms with E-state index in [-0.39, 0.29) is 6.03 Å². The second-order valence-corrected chi connectivity index (χ2v) is 5.45. The van der Waals surface area contributed by atoms with Gasteiger partial charge >= 0.3 is 6.03 Å². The third kappa shape index (κ3) is 4.98. The normalized spacial score (nSPS) is 9.60. The standard InChI is InChI=1S/C22H18N2O/c25-22(24-21-13-5-2-6-14-21)23-17-20-12-8-7-11-19(20)16-15-18-9-3-1-4-10-18/h1-14H,17H2,(H2,23,24,25). The van der Waals surface area contributed by atoms with Gasteiger partial charge in [-0.1, -0.05) is 66.4 Å². The molecule has 0 atom stereocenters. The second-order valence-electron chi connectivity index (χ2n) is 5.45. The molecule has 25 heavy (non-hydrogen) atoms. The number of nitrogens with one attached hydrogen (secondary N) is 2. The summed E-state index contributed by atoms with van der Waals surface area (Å²) in [7, 11) is 0. The molecule has 3 heteroatoms. The van der Waals surface area contributed by atoms with Crippen molar-refractivity contribution >= 4 is 11.7 Å². The van der Waals surface area contributed by atoms with Crippen LogP contribution in [0.5, 0.6) is 0 Å². The summed E-state index contributed by atoms with van der Waals surface area (Å²) in [5.41, 5.74) is 3.62. The first-order chi connectivity index (χ1) is 12.3. The van der Waals surface area contributed by atoms with Crippen molar-refractivity contribution in [3.05, 3.63) is 102 Å². The largest absolute Gasteiger partial charge is 0.334 e. The minimum Gasteiger partial charge on any atom is -0.334 e. The Labute approximate surface area is 147 Å². The van der Waals surface area contributed by atoms with Gasteiger partial charge in [0.25, 0.3) is 0 Å². The predicted octanol–water partition coefficient (Wildman–Crippen LogP) is 4.41. The van der Waals surface area contributed by atoms with Crippen LogP contribution in [0.15, 0.2) is 84.9 Å². The Bertz CT molecular complexity index is 893. The van der Waals surface area contributed by atoms with E-state index in [1.807, 2.05) is 84.9 Å². The Balaban J connectivity index is 1.65. The molecule has 3 rings (SSSR count). The Hall–Kier alpha value is -3.51. The topological polar surface area (TPSA) is 41.1 Å². The summed E-state index contributed by atoms with van der Waals surface area (Å²) in [6, 6.07) is 26.8. The number of benzene rings is 3. The molecule has 2 amide bonds. The van der Waals surface area contributed by atoms with Crippen molar-refractivity contribution in [3.63, 3.8) is 0 Å². The van der Waals surface area contributed by atoms with Gasteiger partial charge in [0.15, 0.2) is 0 Å². The zero-order valence-corrected chi connectivity index (χ0v) is 13.7. The average Bonchev–Trinajstić information content (AvgIpc) is 2.67. The molecule has 0 spiro atoms. The van der Waals surface area contributed by atoms with Gasteiger partial charge in [0, 0.05) is 23.4 Å². The average molecular weight is 326 g/mol. The first kappa shape index (κ1) is 16.4. The van der Waals surface area contributed by atoms with Crippen molar-refractivity contribution in [2.24, 2.45) is 0 Å². The quantitative estimate of drug-likeness (QED) is 0.688. The zero-order chi connectivity index (χ0) is 17.3. The van der Waals surface area contributed by atoms with E-state index in [1.165, 1.54) is 0 Å². The maximum Gasteiger partial charge on any atom is 0.319 e. The lowest BCUT2D eigenvalue weighted by Gasteiger charge is -2.09. The molecule has 0 aliphatic rings. The molecule has 0 aliphatic heterocycles. The fourth-order valence-electron chi connectivity index (χ4n) is 2.33. The monoisotopic (exact) mass is 326 g/mol. The second kappa shape index (κ2) is 8.37. The van der Waals surface area contributed by atoms with Crippen LogP contribution in [-0.4, -0.2) is 6.03 Å². The van der Waals surface area contributed by atoms with Gasteiger partial charge in [0.05, 0.1) is 0 Å². The fraction of sp³-hybridized carbons (Fsp3) is 0.0455. The van der Waals surface area contributed by atoms with Crippen molar-refractivity contribution in [1.82, 2.24) is 5.32 Å². The number of hydrogen-bond acceptors (Lipinski definition) is 1. The van der Waals surface area contributed by atoms with Gasteiger partial charge in [-0.2, -0.15) is 0 Å². The highest BCUT2D eigenvalue weighted by molar-refractivity contribution is 5.89. The highest BCUT2D eigenvalue weighted by Gasteiger charge is 2.03. The first-order valence-electron chi connectivity index (χ1n) is 8.06. The van der Waals surface area contributed by atoms with Crippen LogP contribution >= 0.6 is 0 Å². The predicted molar refractivity (Wildman–Crippen MR) is 101 cm³/mol. The van der Waals surface area contributed by atoms with E-state index in [1.54, 1.807) is 0 Å². The van der Waals surface area contributed by atoms with Gasteiger partial charge in [0.2, 0.25) is 0 Å². The van der Waals surface area contributed by atoms with Crippen molar-refractivity contribution in [3.8, 4) is 11.8 Å². The van der Waals surface area contributed by atoms with Crippen LogP contribution in [0.3, 0.4) is 0 Å². The molecule has 3 aromatic rings. The third-order valence-corrected chi connectivity index (χ3v) is 3.60. The molecule has 0 aliphatic carbocycles. The number of hydrogen-bond donors (Lipinski definition) is 2. The van der Waals surface area contributed by atoms with Crippen LogP contribution in [-0.2, 0) is 6.54 Å². The Morgan fingerprint density at radius 3 is 2.16 bits per heavy atom. The molecule has 3 aromatic carbocycles. The summed E-state index contributed by atoms with van der Waals surface area (Å²) in [5.74, 6) is 6.33. The van der Waals surface area contributed by atoms with Crippen molar-refractivity contribution < 1.29 is 4.79 Å². The van der Waals surface area contributed by atoms with Crippen LogP contribution < -0.4 is 10.6 Å². The van der Waals surface area contributed by atoms with E-state index in [4.69, 9.17) is 0 Å². The molecule has 122 valence electrons. The van der Waals surface area contributed by atoms with E-state index >= 15 is 0 Å². The summed E-state index contributed by atoms with van der Waals surface area (Å²) in [6.07, 6.45) is 0. The Morgan fingerprint density at radius 2 is 1.40 bits per heavy atom. The Morgan fingerprint density at radius 1 is 0.760 bits per heavy atom. The highest BCUT2D eigenvalue weighted by Crippen LogP contribution is 2.09. The molecule has 0 radical (unpaired) electrons. The van der Waals surface area contributed by atoms with Gasteiger partial charge in [-0.3, -0.25) is 0 Å². The van der Waals surface area contributed by atoms with Gasteiger partial charge in [0.1, 0.15) is 0 Å². The first-order valence-corrected chi connectivity index (χ1v) is 8.06. The zero-order valence-electron chi connectivity index (χ0n) is 13.7. The molecular formula is C22H18N2O. The molecule has 0 aromatic heterocycles. The van der Waals surface area contributed by atoms with Gasteiger partial charge < -0.3 is 10.6 Å². The van der Waals surface area contributed by atoms with E-state index in [2.05, 4.69) is 22.5 Å². The number of rotatable bonds is 3. The molecule has 3 nitrogen and oxygen atoms in total. The summed E-state index contributed by atoms with van der Waals surface area (Å²) >= 11 is 0. The lowest BCUT2D eigenvalue weighted by Crippen LogP contribution is -2.28. The van der Waals surface area contributed by atoms with Crippen LogP contribution in [0.2, 0.25) is 0 Å². The van der Waals surface area contributed by atoms with Crippen molar-refractivity contribution in [1.29, 1.82) is 0 Å². The summed E-state index contributed by atoms with van der Waals surface area (Å²) in [5, 5.41) is 5.67. The fourth-order valence-corrected chi connectivity index (χ4v) is 2.33. The molecule has 0 fully saturated rings. The molecule has 0 heterocycles. The third-order valence-electron chi connectivity index (χ3n) is 3.60. The maximum absolute atomic E-state index is 12.0.